The Morgan fingerprint density at radius 2 is 2.05 bits per heavy atom. The van der Waals surface area contributed by atoms with Crippen molar-refractivity contribution in [2.45, 2.75) is 46.0 Å². The molecule has 2 atom stereocenters. The summed E-state index contributed by atoms with van der Waals surface area (Å²) in [5, 5.41) is 11.5. The van der Waals surface area contributed by atoms with Crippen LogP contribution in [-0.2, 0) is 19.0 Å². The minimum absolute atomic E-state index is 0.0677. The fraction of sp³-hybridized carbons (Fsp3) is 0.857. The Kier molecular flexibility index (Phi) is 9.77. The van der Waals surface area contributed by atoms with Crippen LogP contribution in [0.15, 0.2) is 0 Å². The van der Waals surface area contributed by atoms with Crippen LogP contribution in [0.2, 0.25) is 0 Å². The Morgan fingerprint density at radius 3 is 2.52 bits per heavy atom. The van der Waals surface area contributed by atoms with Gasteiger partial charge in [0.2, 0.25) is 0 Å². The summed E-state index contributed by atoms with van der Waals surface area (Å²) in [5.74, 6) is -1.43. The van der Waals surface area contributed by atoms with E-state index in [2.05, 4.69) is 5.32 Å². The topological polar surface area (TPSA) is 94.1 Å². The monoisotopic (exact) mass is 306 g/mol. The lowest BCUT2D eigenvalue weighted by atomic mass is 10.1. The van der Waals surface area contributed by atoms with E-state index in [4.69, 9.17) is 20.7 Å². The summed E-state index contributed by atoms with van der Waals surface area (Å²) in [7, 11) is 1.41. The third-order valence-corrected chi connectivity index (χ3v) is 2.80. The summed E-state index contributed by atoms with van der Waals surface area (Å²) in [5.41, 5.74) is 0. The van der Waals surface area contributed by atoms with Crippen LogP contribution in [0.3, 0.4) is 0 Å². The number of methoxy groups -OCH3 is 1. The Labute approximate surface area is 127 Å². The molecule has 0 aliphatic heterocycles. The van der Waals surface area contributed by atoms with Crippen molar-refractivity contribution in [3.05, 3.63) is 0 Å². The molecule has 7 heteroatoms. The number of alkyl carbamates (subject to hydrolysis) is 1. The molecule has 0 bridgehead atoms. The van der Waals surface area contributed by atoms with Crippen molar-refractivity contribution in [1.82, 2.24) is 5.32 Å². The van der Waals surface area contributed by atoms with E-state index in [0.717, 1.165) is 0 Å². The standard InChI is InChI=1S/C14H27NO6/c1-5-11(8-16)21-13(19-4)9-20-14(18)15-7-6-12(17)10(2)3/h10-11,13,16H,5-9H2,1-4H3,(H,15,18)/i10D. The molecule has 0 fully saturated rings. The molecule has 7 nitrogen and oxygen atoms in total. The van der Waals surface area contributed by atoms with Crippen molar-refractivity contribution < 1.29 is 30.3 Å². The van der Waals surface area contributed by atoms with Gasteiger partial charge in [-0.15, -0.1) is 0 Å². The number of ketones is 1. The van der Waals surface area contributed by atoms with Crippen LogP contribution < -0.4 is 5.32 Å². The van der Waals surface area contributed by atoms with Gasteiger partial charge in [0.1, 0.15) is 12.4 Å². The van der Waals surface area contributed by atoms with Crippen LogP contribution in [-0.4, -0.2) is 56.2 Å². The van der Waals surface area contributed by atoms with E-state index in [0.29, 0.717) is 6.42 Å². The molecule has 0 aromatic rings. The Morgan fingerprint density at radius 1 is 1.38 bits per heavy atom. The van der Waals surface area contributed by atoms with E-state index in [1.54, 1.807) is 0 Å². The number of ether oxygens (including phenoxy) is 3. The van der Waals surface area contributed by atoms with Crippen molar-refractivity contribution in [2.75, 3.05) is 26.9 Å². The number of carbonyl (C=O) groups excluding carboxylic acids is 2. The molecule has 21 heavy (non-hydrogen) atoms. The van der Waals surface area contributed by atoms with Crippen molar-refractivity contribution in [2.24, 2.45) is 5.89 Å². The molecule has 0 aliphatic carbocycles. The van der Waals surface area contributed by atoms with Gasteiger partial charge in [0.15, 0.2) is 6.29 Å². The van der Waals surface area contributed by atoms with Crippen molar-refractivity contribution in [1.29, 1.82) is 0 Å². The van der Waals surface area contributed by atoms with Gasteiger partial charge in [0.25, 0.3) is 0 Å². The molecular weight excluding hydrogens is 278 g/mol. The Bertz CT molecular complexity index is 341. The van der Waals surface area contributed by atoms with E-state index in [-0.39, 0.29) is 38.1 Å². The van der Waals surface area contributed by atoms with Crippen LogP contribution in [0.4, 0.5) is 4.79 Å². The highest BCUT2D eigenvalue weighted by Crippen LogP contribution is 2.04. The first-order chi connectivity index (χ1) is 10.2. The first kappa shape index (κ1) is 17.9. The molecule has 1 amide bonds. The molecule has 0 saturated carbocycles. The van der Waals surface area contributed by atoms with Gasteiger partial charge < -0.3 is 24.6 Å². The summed E-state index contributed by atoms with van der Waals surface area (Å²) in [6.45, 7) is 4.68. The quantitative estimate of drug-likeness (QED) is 0.555. The number of hydrogen-bond donors (Lipinski definition) is 2. The normalized spacial score (nSPS) is 15.0. The molecule has 0 saturated heterocycles. The zero-order valence-electron chi connectivity index (χ0n) is 14.2. The maximum absolute atomic E-state index is 11.5. The highest BCUT2D eigenvalue weighted by molar-refractivity contribution is 5.80. The van der Waals surface area contributed by atoms with Gasteiger partial charge in [-0.1, -0.05) is 20.8 Å². The number of carbonyl (C=O) groups is 2. The summed E-state index contributed by atoms with van der Waals surface area (Å²) in [6, 6.07) is 0. The molecular formula is C14H27NO6. The predicted octanol–water partition coefficient (Wildman–Crippen LogP) is 1.09. The Hall–Kier alpha value is -1.18. The third kappa shape index (κ3) is 9.38. The summed E-state index contributed by atoms with van der Waals surface area (Å²) < 4.78 is 22.8. The SMILES string of the molecule is [2H]C(C)(C)C(=O)CCNC(=O)OCC(OC)OC(CC)CO. The number of amides is 1. The summed E-state index contributed by atoms with van der Waals surface area (Å²) >= 11 is 0. The van der Waals surface area contributed by atoms with Crippen LogP contribution in [0.5, 0.6) is 0 Å². The lowest BCUT2D eigenvalue weighted by Gasteiger charge is -2.21. The Balaban J connectivity index is 3.99. The van der Waals surface area contributed by atoms with Gasteiger partial charge in [0.05, 0.1) is 12.7 Å². The zero-order valence-corrected chi connectivity index (χ0v) is 13.2. The van der Waals surface area contributed by atoms with Crippen molar-refractivity contribution in [3.63, 3.8) is 0 Å². The molecule has 2 unspecified atom stereocenters. The van der Waals surface area contributed by atoms with E-state index >= 15 is 0 Å². The second-order valence-electron chi connectivity index (χ2n) is 4.71. The second kappa shape index (κ2) is 11.5. The minimum atomic E-state index is -1.17. The van der Waals surface area contributed by atoms with Gasteiger partial charge >= 0.3 is 6.09 Å². The molecule has 0 heterocycles. The van der Waals surface area contributed by atoms with Crippen LogP contribution in [0.1, 0.15) is 35.0 Å². The summed E-state index contributed by atoms with van der Waals surface area (Å²) in [6.07, 6.45) is -1.17. The molecule has 0 radical (unpaired) electrons. The average molecular weight is 306 g/mol. The smallest absolute Gasteiger partial charge is 0.407 e. The van der Waals surface area contributed by atoms with Crippen molar-refractivity contribution >= 4 is 11.9 Å². The number of aliphatic hydroxyl groups excluding tert-OH is 1. The highest BCUT2D eigenvalue weighted by Gasteiger charge is 2.16. The number of rotatable bonds is 11. The largest absolute Gasteiger partial charge is 0.444 e. The van der Waals surface area contributed by atoms with Crippen molar-refractivity contribution in [3.8, 4) is 0 Å². The molecule has 2 N–H and O–H groups in total. The van der Waals surface area contributed by atoms with Crippen LogP contribution in [0.25, 0.3) is 0 Å². The fourth-order valence-electron chi connectivity index (χ4n) is 1.37. The lowest BCUT2D eigenvalue weighted by Crippen LogP contribution is -2.34. The molecule has 0 aromatic heterocycles. The molecule has 0 rings (SSSR count). The van der Waals surface area contributed by atoms with Gasteiger partial charge in [-0.25, -0.2) is 4.79 Å². The van der Waals surface area contributed by atoms with Crippen LogP contribution >= 0.6 is 0 Å². The average Bonchev–Trinajstić information content (AvgIpc) is 2.46. The maximum Gasteiger partial charge on any atom is 0.407 e. The zero-order chi connectivity index (χ0) is 17.2. The van der Waals surface area contributed by atoms with Gasteiger partial charge in [0, 0.05) is 27.3 Å². The van der Waals surface area contributed by atoms with Gasteiger partial charge in [-0.05, 0) is 6.42 Å². The minimum Gasteiger partial charge on any atom is -0.444 e. The first-order valence-electron chi connectivity index (χ1n) is 7.47. The number of Topliss-reactive ketones (excluding diaryl/α,β-unsaturated/α-hetero) is 1. The number of nitrogens with one attached hydrogen (secondary N) is 1. The van der Waals surface area contributed by atoms with E-state index in [1.807, 2.05) is 6.92 Å². The van der Waals surface area contributed by atoms with Gasteiger partial charge in [-0.3, -0.25) is 4.79 Å². The van der Waals surface area contributed by atoms with E-state index < -0.39 is 18.3 Å². The first-order valence-corrected chi connectivity index (χ1v) is 6.97. The number of hydrogen-bond acceptors (Lipinski definition) is 6. The predicted molar refractivity (Wildman–Crippen MR) is 76.9 cm³/mol. The molecule has 124 valence electrons. The van der Waals surface area contributed by atoms with Crippen LogP contribution in [0, 0.1) is 5.89 Å². The molecule has 0 spiro atoms. The van der Waals surface area contributed by atoms with Gasteiger partial charge in [-0.2, -0.15) is 0 Å². The van der Waals surface area contributed by atoms with E-state index in [9.17, 15) is 9.59 Å². The third-order valence-electron chi connectivity index (χ3n) is 2.80. The highest BCUT2D eigenvalue weighted by atomic mass is 16.7. The van der Waals surface area contributed by atoms with E-state index in [1.165, 1.54) is 21.0 Å². The number of aliphatic hydroxyl groups is 1. The maximum atomic E-state index is 11.5. The molecule has 0 aromatic carbocycles. The molecule has 0 aliphatic rings. The summed E-state index contributed by atoms with van der Waals surface area (Å²) in [4.78, 5) is 23.0. The fourth-order valence-corrected chi connectivity index (χ4v) is 1.37. The second-order valence-corrected chi connectivity index (χ2v) is 4.71. The lowest BCUT2D eigenvalue weighted by molar-refractivity contribution is -0.181.